The van der Waals surface area contributed by atoms with Gasteiger partial charge in [0.1, 0.15) is 6.33 Å². The average Bonchev–Trinajstić information content (AvgIpc) is 2.90. The van der Waals surface area contributed by atoms with Crippen molar-refractivity contribution in [1.29, 1.82) is 0 Å². The first kappa shape index (κ1) is 10.7. The summed E-state index contributed by atoms with van der Waals surface area (Å²) < 4.78 is 1.43. The Bertz CT molecular complexity index is 714. The van der Waals surface area contributed by atoms with Crippen LogP contribution in [0.5, 0.6) is 5.88 Å². The van der Waals surface area contributed by atoms with Crippen LogP contribution in [0.15, 0.2) is 40.8 Å². The number of hydrogen-bond acceptors (Lipinski definition) is 5. The summed E-state index contributed by atoms with van der Waals surface area (Å²) in [4.78, 5) is 7.68. The number of fused-ring (bicyclic) bond motifs is 1. The molecule has 0 fully saturated rings. The van der Waals surface area contributed by atoms with Crippen molar-refractivity contribution in [2.75, 3.05) is 0 Å². The number of aromatic nitrogens is 4. The van der Waals surface area contributed by atoms with Crippen LogP contribution in [0.3, 0.4) is 0 Å². The number of benzene rings is 1. The first-order valence-corrected chi connectivity index (χ1v) is 5.40. The van der Waals surface area contributed by atoms with Gasteiger partial charge in [0.15, 0.2) is 0 Å². The van der Waals surface area contributed by atoms with E-state index in [1.807, 2.05) is 0 Å². The maximum Gasteiger partial charge on any atom is 0.262 e. The number of imidazole rings is 1. The third kappa shape index (κ3) is 1.80. The number of H-pyrrole nitrogens is 1. The molecular weight excluding hydrogens is 256 g/mol. The van der Waals surface area contributed by atoms with Crippen molar-refractivity contribution in [1.82, 2.24) is 19.6 Å². The van der Waals surface area contributed by atoms with E-state index in [-0.39, 0.29) is 11.7 Å². The highest BCUT2D eigenvalue weighted by Gasteiger charge is 2.12. The van der Waals surface area contributed by atoms with Crippen LogP contribution < -0.4 is 0 Å². The molecule has 0 saturated heterocycles. The molecule has 0 bridgehead atoms. The molecule has 0 saturated carbocycles. The Morgan fingerprint density at radius 2 is 2.00 bits per heavy atom. The molecule has 0 atom stereocenters. The van der Waals surface area contributed by atoms with Gasteiger partial charge in [-0.3, -0.25) is 5.10 Å². The minimum atomic E-state index is -0.230. The second-order valence-corrected chi connectivity index (χ2v) is 3.89. The molecule has 2 aromatic heterocycles. The van der Waals surface area contributed by atoms with Gasteiger partial charge in [-0.15, -0.1) is 10.2 Å². The highest BCUT2D eigenvalue weighted by atomic mass is 35.5. The molecule has 18 heavy (non-hydrogen) atoms. The van der Waals surface area contributed by atoms with Crippen LogP contribution >= 0.6 is 11.6 Å². The van der Waals surface area contributed by atoms with Crippen molar-refractivity contribution in [3.63, 3.8) is 0 Å². The van der Waals surface area contributed by atoms with Gasteiger partial charge in [0.25, 0.3) is 11.7 Å². The standard InChI is InChI=1S/C10H7ClN6O/c11-6-1-3-7(4-2-6)15-16-8-9(18)14-10-12-5-13-17(8)10/h1-5,18H,(H,12,13,14). The summed E-state index contributed by atoms with van der Waals surface area (Å²) in [5, 5.41) is 20.9. The highest BCUT2D eigenvalue weighted by Crippen LogP contribution is 2.27. The summed E-state index contributed by atoms with van der Waals surface area (Å²) in [5.74, 6) is 0.294. The first-order chi connectivity index (χ1) is 8.74. The molecule has 0 unspecified atom stereocenters. The molecule has 2 heterocycles. The molecule has 90 valence electrons. The molecule has 0 amide bonds. The normalized spacial score (nSPS) is 11.6. The lowest BCUT2D eigenvalue weighted by atomic mass is 10.3. The minimum Gasteiger partial charge on any atom is -0.490 e. The average molecular weight is 263 g/mol. The number of azo groups is 1. The SMILES string of the molecule is Oc1nc2nc[nH]n2c1N=Nc1ccc(Cl)cc1. The highest BCUT2D eigenvalue weighted by molar-refractivity contribution is 6.30. The van der Waals surface area contributed by atoms with E-state index in [0.29, 0.717) is 16.5 Å². The van der Waals surface area contributed by atoms with Crippen LogP contribution in [-0.2, 0) is 0 Å². The van der Waals surface area contributed by atoms with Gasteiger partial charge < -0.3 is 5.11 Å². The zero-order valence-electron chi connectivity index (χ0n) is 8.95. The lowest BCUT2D eigenvalue weighted by molar-refractivity contribution is 0.457. The van der Waals surface area contributed by atoms with Gasteiger partial charge in [0.05, 0.1) is 5.69 Å². The number of aromatic amines is 1. The Labute approximate surface area is 106 Å². The van der Waals surface area contributed by atoms with Crippen LogP contribution in [0.25, 0.3) is 5.78 Å². The van der Waals surface area contributed by atoms with E-state index in [1.54, 1.807) is 24.3 Å². The molecule has 0 radical (unpaired) electrons. The molecule has 7 nitrogen and oxygen atoms in total. The van der Waals surface area contributed by atoms with Gasteiger partial charge in [-0.2, -0.15) is 9.50 Å². The van der Waals surface area contributed by atoms with Crippen LogP contribution in [0.2, 0.25) is 5.02 Å². The predicted octanol–water partition coefficient (Wildman–Crippen LogP) is 2.83. The third-order valence-electron chi connectivity index (χ3n) is 2.27. The summed E-state index contributed by atoms with van der Waals surface area (Å²) in [6.45, 7) is 0. The van der Waals surface area contributed by atoms with E-state index >= 15 is 0 Å². The number of aromatic hydroxyl groups is 1. The monoisotopic (exact) mass is 262 g/mol. The summed E-state index contributed by atoms with van der Waals surface area (Å²) in [7, 11) is 0. The molecule has 2 N–H and O–H groups in total. The minimum absolute atomic E-state index is 0.192. The van der Waals surface area contributed by atoms with Crippen LogP contribution in [0.1, 0.15) is 0 Å². The fraction of sp³-hybridized carbons (Fsp3) is 0. The molecule has 0 spiro atoms. The molecule has 3 rings (SSSR count). The molecular formula is C10H7ClN6O. The van der Waals surface area contributed by atoms with E-state index in [9.17, 15) is 5.11 Å². The number of halogens is 1. The number of rotatable bonds is 2. The van der Waals surface area contributed by atoms with Crippen LogP contribution in [0.4, 0.5) is 11.5 Å². The van der Waals surface area contributed by atoms with Gasteiger partial charge in [0, 0.05) is 5.02 Å². The first-order valence-electron chi connectivity index (χ1n) is 5.02. The molecule has 0 aliphatic heterocycles. The van der Waals surface area contributed by atoms with E-state index in [0.717, 1.165) is 0 Å². The lowest BCUT2D eigenvalue weighted by Crippen LogP contribution is -1.80. The smallest absolute Gasteiger partial charge is 0.262 e. The van der Waals surface area contributed by atoms with Crippen molar-refractivity contribution in [3.05, 3.63) is 35.6 Å². The van der Waals surface area contributed by atoms with Crippen molar-refractivity contribution in [2.24, 2.45) is 10.2 Å². The van der Waals surface area contributed by atoms with Crippen molar-refractivity contribution in [2.45, 2.75) is 0 Å². The number of hydrogen-bond donors (Lipinski definition) is 2. The molecule has 3 aromatic rings. The van der Waals surface area contributed by atoms with Gasteiger partial charge in [-0.1, -0.05) is 11.6 Å². The second-order valence-electron chi connectivity index (χ2n) is 3.46. The maximum absolute atomic E-state index is 9.58. The van der Waals surface area contributed by atoms with Gasteiger partial charge in [0.2, 0.25) is 5.82 Å². The van der Waals surface area contributed by atoms with E-state index < -0.39 is 0 Å². The predicted molar refractivity (Wildman–Crippen MR) is 64.6 cm³/mol. The van der Waals surface area contributed by atoms with E-state index in [2.05, 4.69) is 25.3 Å². The topological polar surface area (TPSA) is 90.9 Å². The largest absolute Gasteiger partial charge is 0.490 e. The molecule has 0 aliphatic rings. The Morgan fingerprint density at radius 3 is 2.78 bits per heavy atom. The summed E-state index contributed by atoms with van der Waals surface area (Å²) >= 11 is 5.76. The second kappa shape index (κ2) is 4.11. The summed E-state index contributed by atoms with van der Waals surface area (Å²) in [6.07, 6.45) is 1.45. The molecule has 0 aliphatic carbocycles. The Balaban J connectivity index is 1.98. The quantitative estimate of drug-likeness (QED) is 0.696. The Kier molecular flexibility index (Phi) is 2.45. The maximum atomic E-state index is 9.58. The zero-order valence-corrected chi connectivity index (χ0v) is 9.70. The summed E-state index contributed by atoms with van der Waals surface area (Å²) in [6, 6.07) is 6.85. The van der Waals surface area contributed by atoms with Crippen molar-refractivity contribution >= 4 is 28.9 Å². The van der Waals surface area contributed by atoms with Crippen molar-refractivity contribution in [3.8, 4) is 5.88 Å². The van der Waals surface area contributed by atoms with Gasteiger partial charge in [-0.05, 0) is 24.3 Å². The fourth-order valence-electron chi connectivity index (χ4n) is 1.44. The molecule has 8 heteroatoms. The Morgan fingerprint density at radius 1 is 1.22 bits per heavy atom. The van der Waals surface area contributed by atoms with Gasteiger partial charge in [-0.25, -0.2) is 4.98 Å². The van der Waals surface area contributed by atoms with Crippen LogP contribution in [-0.4, -0.2) is 24.7 Å². The van der Waals surface area contributed by atoms with E-state index in [4.69, 9.17) is 11.6 Å². The van der Waals surface area contributed by atoms with Crippen LogP contribution in [0, 0.1) is 0 Å². The Hall–Kier alpha value is -2.41. The zero-order chi connectivity index (χ0) is 12.5. The number of nitrogens with one attached hydrogen (secondary N) is 1. The van der Waals surface area contributed by atoms with Crippen molar-refractivity contribution < 1.29 is 5.11 Å². The molecule has 1 aromatic carbocycles. The summed E-state index contributed by atoms with van der Waals surface area (Å²) in [5.41, 5.74) is 0.619. The van der Waals surface area contributed by atoms with E-state index in [1.165, 1.54) is 10.8 Å². The lowest BCUT2D eigenvalue weighted by Gasteiger charge is -1.93. The third-order valence-corrected chi connectivity index (χ3v) is 2.52. The van der Waals surface area contributed by atoms with Gasteiger partial charge >= 0.3 is 0 Å². The fourth-order valence-corrected chi connectivity index (χ4v) is 1.57. The number of nitrogens with zero attached hydrogens (tertiary/aromatic N) is 5.